The Labute approximate surface area is 107 Å². The van der Waals surface area contributed by atoms with E-state index in [2.05, 4.69) is 0 Å². The van der Waals surface area contributed by atoms with Gasteiger partial charge in [0.15, 0.2) is 5.78 Å². The first-order chi connectivity index (χ1) is 8.56. The molecule has 2 heteroatoms. The Morgan fingerprint density at radius 3 is 2.44 bits per heavy atom. The molecule has 0 unspecified atom stereocenters. The molecule has 1 aromatic carbocycles. The number of carbonyl (C=O) groups is 1. The summed E-state index contributed by atoms with van der Waals surface area (Å²) in [5.41, 5.74) is 3.03. The Balaban J connectivity index is 2.16. The predicted molar refractivity (Wildman–Crippen MR) is 72.7 cm³/mol. The van der Waals surface area contributed by atoms with Gasteiger partial charge in [0.05, 0.1) is 0 Å². The van der Waals surface area contributed by atoms with Crippen LogP contribution in [0.15, 0.2) is 40.8 Å². The van der Waals surface area contributed by atoms with Gasteiger partial charge in [0.1, 0.15) is 11.5 Å². The van der Waals surface area contributed by atoms with Crippen molar-refractivity contribution in [1.82, 2.24) is 0 Å². The molecule has 1 heterocycles. The summed E-state index contributed by atoms with van der Waals surface area (Å²) >= 11 is 0. The van der Waals surface area contributed by atoms with E-state index in [0.29, 0.717) is 11.3 Å². The van der Waals surface area contributed by atoms with Crippen LogP contribution in [0.3, 0.4) is 0 Å². The molecule has 2 rings (SSSR count). The Morgan fingerprint density at radius 2 is 1.83 bits per heavy atom. The maximum absolute atomic E-state index is 12.0. The molecule has 2 aromatic rings. The summed E-state index contributed by atoms with van der Waals surface area (Å²) in [5, 5.41) is 0. The number of aryl methyl sites for hydroxylation is 3. The fourth-order valence-corrected chi connectivity index (χ4v) is 1.69. The van der Waals surface area contributed by atoms with Gasteiger partial charge in [0.2, 0.25) is 0 Å². The highest BCUT2D eigenvalue weighted by Gasteiger charge is 2.03. The van der Waals surface area contributed by atoms with Crippen molar-refractivity contribution in [2.24, 2.45) is 0 Å². The molecular formula is C16H16O2. The highest BCUT2D eigenvalue weighted by Crippen LogP contribution is 2.12. The van der Waals surface area contributed by atoms with Crippen molar-refractivity contribution in [1.29, 1.82) is 0 Å². The number of ketones is 1. The maximum atomic E-state index is 12.0. The lowest BCUT2D eigenvalue weighted by Crippen LogP contribution is -1.95. The first-order valence-electron chi connectivity index (χ1n) is 5.92. The molecular weight excluding hydrogens is 224 g/mol. The monoisotopic (exact) mass is 240 g/mol. The van der Waals surface area contributed by atoms with Crippen LogP contribution in [0.5, 0.6) is 0 Å². The van der Waals surface area contributed by atoms with Gasteiger partial charge in [-0.1, -0.05) is 12.1 Å². The molecule has 0 saturated carbocycles. The van der Waals surface area contributed by atoms with Crippen LogP contribution in [0.25, 0.3) is 6.08 Å². The number of hydrogen-bond acceptors (Lipinski definition) is 2. The Hall–Kier alpha value is -2.09. The lowest BCUT2D eigenvalue weighted by molar-refractivity contribution is 0.104. The average Bonchev–Trinajstić information content (AvgIpc) is 2.75. The number of carbonyl (C=O) groups excluding carboxylic acids is 1. The molecule has 0 amide bonds. The molecule has 0 N–H and O–H groups in total. The topological polar surface area (TPSA) is 30.2 Å². The van der Waals surface area contributed by atoms with Crippen LogP contribution in [0.1, 0.15) is 33.0 Å². The molecule has 0 atom stereocenters. The zero-order chi connectivity index (χ0) is 13.1. The van der Waals surface area contributed by atoms with Gasteiger partial charge in [-0.05, 0) is 62.2 Å². The maximum Gasteiger partial charge on any atom is 0.185 e. The standard InChI is InChI=1S/C16H16O2/c1-11-4-6-14(10-12(11)2)16(17)9-8-15-7-5-13(3)18-15/h4-10H,1-3H3/b9-8+. The second kappa shape index (κ2) is 5.05. The summed E-state index contributed by atoms with van der Waals surface area (Å²) in [6.45, 7) is 5.92. The fourth-order valence-electron chi connectivity index (χ4n) is 1.69. The van der Waals surface area contributed by atoms with E-state index >= 15 is 0 Å². The molecule has 0 aliphatic rings. The zero-order valence-electron chi connectivity index (χ0n) is 10.9. The summed E-state index contributed by atoms with van der Waals surface area (Å²) < 4.78 is 5.37. The molecule has 0 saturated heterocycles. The van der Waals surface area contributed by atoms with Crippen molar-refractivity contribution in [2.75, 3.05) is 0 Å². The zero-order valence-corrected chi connectivity index (χ0v) is 10.9. The molecule has 1 aromatic heterocycles. The average molecular weight is 240 g/mol. The van der Waals surface area contributed by atoms with Crippen molar-refractivity contribution < 1.29 is 9.21 Å². The normalized spacial score (nSPS) is 11.1. The molecule has 92 valence electrons. The van der Waals surface area contributed by atoms with Gasteiger partial charge in [0, 0.05) is 5.56 Å². The summed E-state index contributed by atoms with van der Waals surface area (Å²) in [7, 11) is 0. The van der Waals surface area contributed by atoms with E-state index in [-0.39, 0.29) is 5.78 Å². The summed E-state index contributed by atoms with van der Waals surface area (Å²) in [6.07, 6.45) is 3.24. The van der Waals surface area contributed by atoms with E-state index < -0.39 is 0 Å². The molecule has 18 heavy (non-hydrogen) atoms. The van der Waals surface area contributed by atoms with Crippen molar-refractivity contribution in [3.05, 3.63) is 64.6 Å². The van der Waals surface area contributed by atoms with Gasteiger partial charge in [0.25, 0.3) is 0 Å². The van der Waals surface area contributed by atoms with Crippen molar-refractivity contribution in [3.63, 3.8) is 0 Å². The minimum Gasteiger partial charge on any atom is -0.462 e. The van der Waals surface area contributed by atoms with Crippen molar-refractivity contribution >= 4 is 11.9 Å². The van der Waals surface area contributed by atoms with Crippen LogP contribution in [-0.2, 0) is 0 Å². The van der Waals surface area contributed by atoms with Gasteiger partial charge in [-0.3, -0.25) is 4.79 Å². The van der Waals surface area contributed by atoms with Crippen LogP contribution < -0.4 is 0 Å². The lowest BCUT2D eigenvalue weighted by Gasteiger charge is -2.01. The molecule has 0 fully saturated rings. The first-order valence-corrected chi connectivity index (χ1v) is 5.92. The third-order valence-electron chi connectivity index (χ3n) is 2.95. The van der Waals surface area contributed by atoms with Crippen LogP contribution in [-0.4, -0.2) is 5.78 Å². The number of hydrogen-bond donors (Lipinski definition) is 0. The molecule has 2 nitrogen and oxygen atoms in total. The Bertz CT molecular complexity index is 603. The van der Waals surface area contributed by atoms with Gasteiger partial charge in [-0.25, -0.2) is 0 Å². The van der Waals surface area contributed by atoms with Crippen LogP contribution >= 0.6 is 0 Å². The first kappa shape index (κ1) is 12.4. The fraction of sp³-hybridized carbons (Fsp3) is 0.188. The van der Waals surface area contributed by atoms with Crippen molar-refractivity contribution in [3.8, 4) is 0 Å². The van der Waals surface area contributed by atoms with Crippen molar-refractivity contribution in [2.45, 2.75) is 20.8 Å². The van der Waals surface area contributed by atoms with Gasteiger partial charge < -0.3 is 4.42 Å². The number of rotatable bonds is 3. The number of furan rings is 1. The van der Waals surface area contributed by atoms with E-state index in [1.807, 2.05) is 51.1 Å². The minimum absolute atomic E-state index is 0.00727. The second-order valence-electron chi connectivity index (χ2n) is 4.45. The predicted octanol–water partition coefficient (Wildman–Crippen LogP) is 4.10. The summed E-state index contributed by atoms with van der Waals surface area (Å²) in [6, 6.07) is 9.45. The smallest absolute Gasteiger partial charge is 0.185 e. The molecule has 0 aliphatic heterocycles. The minimum atomic E-state index is -0.00727. The lowest BCUT2D eigenvalue weighted by atomic mass is 10.0. The quantitative estimate of drug-likeness (QED) is 0.597. The van der Waals surface area contributed by atoms with E-state index in [0.717, 1.165) is 11.3 Å². The van der Waals surface area contributed by atoms with Crippen LogP contribution in [0.2, 0.25) is 0 Å². The number of benzene rings is 1. The van der Waals surface area contributed by atoms with E-state index in [9.17, 15) is 4.79 Å². The third-order valence-corrected chi connectivity index (χ3v) is 2.95. The SMILES string of the molecule is Cc1ccc(/C=C/C(=O)c2ccc(C)c(C)c2)o1. The molecule has 0 aliphatic carbocycles. The van der Waals surface area contributed by atoms with E-state index in [4.69, 9.17) is 4.42 Å². The summed E-state index contributed by atoms with van der Waals surface area (Å²) in [5.74, 6) is 1.53. The number of allylic oxidation sites excluding steroid dienone is 1. The summed E-state index contributed by atoms with van der Waals surface area (Å²) in [4.78, 5) is 12.0. The molecule has 0 bridgehead atoms. The van der Waals surface area contributed by atoms with E-state index in [1.165, 1.54) is 5.56 Å². The van der Waals surface area contributed by atoms with Crippen LogP contribution in [0, 0.1) is 20.8 Å². The second-order valence-corrected chi connectivity index (χ2v) is 4.45. The highest BCUT2D eigenvalue weighted by molar-refractivity contribution is 6.06. The molecule has 0 radical (unpaired) electrons. The van der Waals surface area contributed by atoms with Crippen LogP contribution in [0.4, 0.5) is 0 Å². The van der Waals surface area contributed by atoms with Gasteiger partial charge in [-0.15, -0.1) is 0 Å². The largest absolute Gasteiger partial charge is 0.462 e. The Morgan fingerprint density at radius 1 is 1.06 bits per heavy atom. The third kappa shape index (κ3) is 2.77. The molecule has 0 spiro atoms. The van der Waals surface area contributed by atoms with Gasteiger partial charge >= 0.3 is 0 Å². The van der Waals surface area contributed by atoms with Gasteiger partial charge in [-0.2, -0.15) is 0 Å². The Kier molecular flexibility index (Phi) is 3.47. The highest BCUT2D eigenvalue weighted by atomic mass is 16.3. The van der Waals surface area contributed by atoms with E-state index in [1.54, 1.807) is 12.2 Å².